The Balaban J connectivity index is 2.42. The average molecular weight is 275 g/mol. The molecule has 19 heavy (non-hydrogen) atoms. The lowest BCUT2D eigenvalue weighted by atomic mass is 9.95. The van der Waals surface area contributed by atoms with Gasteiger partial charge in [-0.25, -0.2) is 0 Å². The van der Waals surface area contributed by atoms with Crippen molar-refractivity contribution in [3.8, 4) is 11.5 Å². The second-order valence-electron chi connectivity index (χ2n) is 4.58. The molecule has 0 amide bonds. The van der Waals surface area contributed by atoms with Crippen molar-refractivity contribution in [3.05, 3.63) is 23.3 Å². The highest BCUT2D eigenvalue weighted by atomic mass is 19.4. The van der Waals surface area contributed by atoms with Crippen molar-refractivity contribution >= 4 is 0 Å². The Morgan fingerprint density at radius 2 is 2.05 bits per heavy atom. The molecule has 1 atom stereocenters. The van der Waals surface area contributed by atoms with Crippen molar-refractivity contribution in [2.24, 2.45) is 0 Å². The van der Waals surface area contributed by atoms with E-state index in [4.69, 9.17) is 4.74 Å². The number of nitrogens with one attached hydrogen (secondary N) is 1. The molecule has 1 aliphatic rings. The maximum Gasteiger partial charge on any atom is 0.420 e. The Morgan fingerprint density at radius 1 is 1.32 bits per heavy atom. The molecule has 3 nitrogen and oxygen atoms in total. The van der Waals surface area contributed by atoms with E-state index in [9.17, 15) is 18.3 Å². The van der Waals surface area contributed by atoms with Gasteiger partial charge in [-0.1, -0.05) is 12.5 Å². The van der Waals surface area contributed by atoms with Crippen LogP contribution in [0.15, 0.2) is 12.1 Å². The monoisotopic (exact) mass is 275 g/mol. The van der Waals surface area contributed by atoms with E-state index in [1.54, 1.807) is 0 Å². The van der Waals surface area contributed by atoms with Gasteiger partial charge in [-0.05, 0) is 25.5 Å². The summed E-state index contributed by atoms with van der Waals surface area (Å²) in [5.74, 6) is -0.922. The first-order valence-electron chi connectivity index (χ1n) is 6.15. The molecule has 0 bridgehead atoms. The van der Waals surface area contributed by atoms with E-state index >= 15 is 0 Å². The van der Waals surface area contributed by atoms with Crippen LogP contribution in [0.2, 0.25) is 0 Å². The fourth-order valence-corrected chi connectivity index (χ4v) is 2.41. The van der Waals surface area contributed by atoms with Gasteiger partial charge in [0, 0.05) is 11.6 Å². The number of piperidine rings is 1. The molecule has 1 fully saturated rings. The Labute approximate surface area is 109 Å². The molecule has 2 N–H and O–H groups in total. The zero-order chi connectivity index (χ0) is 14.0. The van der Waals surface area contributed by atoms with Crippen LogP contribution in [0.1, 0.15) is 36.4 Å². The van der Waals surface area contributed by atoms with Crippen LogP contribution in [0.4, 0.5) is 13.2 Å². The summed E-state index contributed by atoms with van der Waals surface area (Å²) in [5.41, 5.74) is -0.489. The van der Waals surface area contributed by atoms with E-state index < -0.39 is 23.2 Å². The molecule has 106 valence electrons. The van der Waals surface area contributed by atoms with Crippen molar-refractivity contribution in [1.29, 1.82) is 0 Å². The molecule has 6 heteroatoms. The third kappa shape index (κ3) is 2.78. The van der Waals surface area contributed by atoms with Crippen molar-refractivity contribution in [2.75, 3.05) is 13.7 Å². The van der Waals surface area contributed by atoms with Crippen LogP contribution in [-0.2, 0) is 6.18 Å². The summed E-state index contributed by atoms with van der Waals surface area (Å²) in [4.78, 5) is 0. The van der Waals surface area contributed by atoms with Crippen LogP contribution >= 0.6 is 0 Å². The average Bonchev–Trinajstić information content (AvgIpc) is 2.38. The minimum atomic E-state index is -4.54. The van der Waals surface area contributed by atoms with E-state index in [1.807, 2.05) is 0 Å². The predicted octanol–water partition coefficient (Wildman–Crippen LogP) is 3.23. The molecule has 0 aromatic heterocycles. The number of alkyl halides is 3. The molecule has 2 rings (SSSR count). The molecule has 0 saturated carbocycles. The lowest BCUT2D eigenvalue weighted by Gasteiger charge is -2.26. The number of aromatic hydroxyl groups is 1. The van der Waals surface area contributed by atoms with Gasteiger partial charge in [-0.3, -0.25) is 0 Å². The van der Waals surface area contributed by atoms with Crippen molar-refractivity contribution in [1.82, 2.24) is 5.32 Å². The maximum atomic E-state index is 12.8. The first-order chi connectivity index (χ1) is 8.95. The van der Waals surface area contributed by atoms with Gasteiger partial charge in [0.2, 0.25) is 0 Å². The SMILES string of the molecule is COc1c(C(F)(F)F)ccc(C2CCCCN2)c1O. The first-order valence-corrected chi connectivity index (χ1v) is 6.15. The van der Waals surface area contributed by atoms with Gasteiger partial charge in [-0.2, -0.15) is 13.2 Å². The topological polar surface area (TPSA) is 41.5 Å². The number of halogens is 3. The van der Waals surface area contributed by atoms with Crippen molar-refractivity contribution < 1.29 is 23.0 Å². The number of hydrogen-bond donors (Lipinski definition) is 2. The van der Waals surface area contributed by atoms with Gasteiger partial charge >= 0.3 is 6.18 Å². The fraction of sp³-hybridized carbons (Fsp3) is 0.538. The number of ether oxygens (including phenoxy) is 1. The minimum absolute atomic E-state index is 0.120. The highest BCUT2D eigenvalue weighted by molar-refractivity contribution is 5.53. The first kappa shape index (κ1) is 14.0. The maximum absolute atomic E-state index is 12.8. The summed E-state index contributed by atoms with van der Waals surface area (Å²) in [6, 6.07) is 2.17. The quantitative estimate of drug-likeness (QED) is 0.870. The van der Waals surface area contributed by atoms with E-state index in [0.717, 1.165) is 39.0 Å². The largest absolute Gasteiger partial charge is 0.504 e. The van der Waals surface area contributed by atoms with Crippen LogP contribution in [-0.4, -0.2) is 18.8 Å². The van der Waals surface area contributed by atoms with E-state index in [0.29, 0.717) is 5.56 Å². The van der Waals surface area contributed by atoms with Gasteiger partial charge in [0.15, 0.2) is 11.5 Å². The van der Waals surface area contributed by atoms with Crippen molar-refractivity contribution in [3.63, 3.8) is 0 Å². The zero-order valence-corrected chi connectivity index (χ0v) is 10.5. The van der Waals surface area contributed by atoms with Crippen LogP contribution in [0.3, 0.4) is 0 Å². The summed E-state index contributed by atoms with van der Waals surface area (Å²) in [5, 5.41) is 13.2. The summed E-state index contributed by atoms with van der Waals surface area (Å²) < 4.78 is 43.1. The molecular weight excluding hydrogens is 259 g/mol. The smallest absolute Gasteiger partial charge is 0.420 e. The summed E-state index contributed by atoms with van der Waals surface area (Å²) in [7, 11) is 1.13. The lowest BCUT2D eigenvalue weighted by Crippen LogP contribution is -2.27. The van der Waals surface area contributed by atoms with E-state index in [1.165, 1.54) is 6.07 Å². The Kier molecular flexibility index (Phi) is 3.89. The number of hydrogen-bond acceptors (Lipinski definition) is 3. The normalized spacial score (nSPS) is 20.3. The summed E-state index contributed by atoms with van der Waals surface area (Å²) >= 11 is 0. The van der Waals surface area contributed by atoms with Gasteiger partial charge in [0.1, 0.15) is 5.56 Å². The number of methoxy groups -OCH3 is 1. The van der Waals surface area contributed by atoms with Gasteiger partial charge in [-0.15, -0.1) is 0 Å². The molecule has 1 aliphatic heterocycles. The number of phenols is 1. The molecule has 0 radical (unpaired) electrons. The van der Waals surface area contributed by atoms with Crippen LogP contribution < -0.4 is 10.1 Å². The summed E-state index contributed by atoms with van der Waals surface area (Å²) in [6.45, 7) is 0.799. The van der Waals surface area contributed by atoms with Crippen LogP contribution in [0, 0.1) is 0 Å². The molecule has 1 aromatic rings. The molecule has 1 heterocycles. The molecule has 1 unspecified atom stereocenters. The van der Waals surface area contributed by atoms with E-state index in [-0.39, 0.29) is 6.04 Å². The second-order valence-corrected chi connectivity index (χ2v) is 4.58. The van der Waals surface area contributed by atoms with Gasteiger partial charge in [0.05, 0.1) is 7.11 Å². The van der Waals surface area contributed by atoms with Crippen LogP contribution in [0.25, 0.3) is 0 Å². The molecular formula is C13H16F3NO2. The standard InChI is InChI=1S/C13H16F3NO2/c1-19-12-9(13(14,15)16)6-5-8(11(12)18)10-4-2-3-7-17-10/h5-6,10,17-18H,2-4,7H2,1H3. The van der Waals surface area contributed by atoms with E-state index in [2.05, 4.69) is 5.32 Å². The lowest BCUT2D eigenvalue weighted by molar-refractivity contribution is -0.138. The predicted molar refractivity (Wildman–Crippen MR) is 64.3 cm³/mol. The zero-order valence-electron chi connectivity index (χ0n) is 10.5. The molecule has 1 saturated heterocycles. The third-order valence-electron chi connectivity index (χ3n) is 3.36. The van der Waals surface area contributed by atoms with Crippen molar-refractivity contribution in [2.45, 2.75) is 31.5 Å². The number of benzene rings is 1. The molecule has 0 spiro atoms. The molecule has 1 aromatic carbocycles. The highest BCUT2D eigenvalue weighted by Crippen LogP contribution is 2.45. The van der Waals surface area contributed by atoms with Gasteiger partial charge in [0.25, 0.3) is 0 Å². The number of phenolic OH excluding ortho intramolecular Hbond substituents is 1. The fourth-order valence-electron chi connectivity index (χ4n) is 2.41. The summed E-state index contributed by atoms with van der Waals surface area (Å²) in [6.07, 6.45) is -1.72. The van der Waals surface area contributed by atoms with Gasteiger partial charge < -0.3 is 15.2 Å². The molecule has 0 aliphatic carbocycles. The second kappa shape index (κ2) is 5.28. The highest BCUT2D eigenvalue weighted by Gasteiger charge is 2.36. The Hall–Kier alpha value is -1.43. The Morgan fingerprint density at radius 3 is 2.58 bits per heavy atom. The Bertz CT molecular complexity index is 454. The third-order valence-corrected chi connectivity index (χ3v) is 3.36. The van der Waals surface area contributed by atoms with Crippen LogP contribution in [0.5, 0.6) is 11.5 Å². The number of rotatable bonds is 2. The minimum Gasteiger partial charge on any atom is -0.504 e.